The highest BCUT2D eigenvalue weighted by molar-refractivity contribution is 5.79. The van der Waals surface area contributed by atoms with Crippen molar-refractivity contribution in [2.24, 2.45) is 17.0 Å². The highest BCUT2D eigenvalue weighted by Crippen LogP contribution is 2.32. The normalized spacial score (nSPS) is 26.4. The first-order valence-electron chi connectivity index (χ1n) is 5.21. The topological polar surface area (TPSA) is 95.1 Å². The lowest BCUT2D eigenvalue weighted by Crippen LogP contribution is -2.15. The third-order valence-corrected chi connectivity index (χ3v) is 3.16. The molecule has 5 N–H and O–H groups in total. The van der Waals surface area contributed by atoms with Gasteiger partial charge in [-0.25, -0.2) is 5.53 Å². The summed E-state index contributed by atoms with van der Waals surface area (Å²) in [7, 11) is 0. The maximum absolute atomic E-state index is 7.31. The number of nitrogens with zero attached hydrogens (tertiary/aromatic N) is 1. The van der Waals surface area contributed by atoms with Crippen LogP contribution in [-0.4, -0.2) is 5.84 Å². The lowest BCUT2D eigenvalue weighted by molar-refractivity contribution is 0.274. The fourth-order valence-electron chi connectivity index (χ4n) is 2.16. The molecule has 1 rings (SSSR count). The van der Waals surface area contributed by atoms with Gasteiger partial charge in [-0.2, -0.15) is 0 Å². The van der Waals surface area contributed by atoms with Gasteiger partial charge in [0.1, 0.15) is 5.84 Å². The number of rotatable bonds is 3. The SMILES string of the molecule is CCC1CCC(CC(=N)N=N)CC1.N. The molecule has 1 aliphatic rings. The molecule has 1 fully saturated rings. The van der Waals surface area contributed by atoms with Gasteiger partial charge < -0.3 is 6.15 Å². The van der Waals surface area contributed by atoms with Crippen LogP contribution < -0.4 is 6.15 Å². The van der Waals surface area contributed by atoms with E-state index in [4.69, 9.17) is 10.9 Å². The summed E-state index contributed by atoms with van der Waals surface area (Å²) in [4.78, 5) is 0. The third kappa shape index (κ3) is 3.96. The predicted octanol–water partition coefficient (Wildman–Crippen LogP) is 3.76. The van der Waals surface area contributed by atoms with Crippen LogP contribution in [0.3, 0.4) is 0 Å². The number of hydrogen-bond acceptors (Lipinski definition) is 3. The Morgan fingerprint density at radius 2 is 1.71 bits per heavy atom. The second-order valence-electron chi connectivity index (χ2n) is 4.06. The van der Waals surface area contributed by atoms with E-state index in [9.17, 15) is 0 Å². The summed E-state index contributed by atoms with van der Waals surface area (Å²) in [6.45, 7) is 2.26. The summed E-state index contributed by atoms with van der Waals surface area (Å²) in [6.07, 6.45) is 7.11. The molecule has 1 aliphatic carbocycles. The Labute approximate surface area is 86.1 Å². The van der Waals surface area contributed by atoms with Crippen LogP contribution in [0.2, 0.25) is 0 Å². The summed E-state index contributed by atoms with van der Waals surface area (Å²) >= 11 is 0. The van der Waals surface area contributed by atoms with E-state index >= 15 is 0 Å². The van der Waals surface area contributed by atoms with Crippen molar-refractivity contribution in [2.75, 3.05) is 0 Å². The maximum atomic E-state index is 7.31. The van der Waals surface area contributed by atoms with E-state index in [0.29, 0.717) is 5.92 Å². The molecular weight excluding hydrogens is 176 g/mol. The summed E-state index contributed by atoms with van der Waals surface area (Å²) < 4.78 is 0. The van der Waals surface area contributed by atoms with Crippen molar-refractivity contribution in [3.8, 4) is 0 Å². The Hall–Kier alpha value is -0.770. The Kier molecular flexibility index (Phi) is 6.28. The highest BCUT2D eigenvalue weighted by atomic mass is 15.0. The zero-order valence-electron chi connectivity index (χ0n) is 9.05. The minimum atomic E-state index is 0. The van der Waals surface area contributed by atoms with E-state index in [-0.39, 0.29) is 12.0 Å². The van der Waals surface area contributed by atoms with Crippen molar-refractivity contribution in [1.82, 2.24) is 6.15 Å². The maximum Gasteiger partial charge on any atom is 0.142 e. The van der Waals surface area contributed by atoms with Gasteiger partial charge in [0.2, 0.25) is 0 Å². The van der Waals surface area contributed by atoms with Crippen LogP contribution in [0.5, 0.6) is 0 Å². The van der Waals surface area contributed by atoms with E-state index in [1.807, 2.05) is 0 Å². The van der Waals surface area contributed by atoms with Gasteiger partial charge in [-0.1, -0.05) is 26.2 Å². The van der Waals surface area contributed by atoms with E-state index in [2.05, 4.69) is 12.0 Å². The first-order valence-corrected chi connectivity index (χ1v) is 5.21. The molecule has 0 atom stereocenters. The lowest BCUT2D eigenvalue weighted by Gasteiger charge is -2.27. The summed E-state index contributed by atoms with van der Waals surface area (Å²) in [5.74, 6) is 1.79. The second-order valence-corrected chi connectivity index (χ2v) is 4.06. The Balaban J connectivity index is 0.00000169. The van der Waals surface area contributed by atoms with Crippen LogP contribution in [0.4, 0.5) is 0 Å². The van der Waals surface area contributed by atoms with Crippen molar-refractivity contribution in [1.29, 1.82) is 10.9 Å². The Morgan fingerprint density at radius 3 is 2.14 bits per heavy atom. The molecule has 14 heavy (non-hydrogen) atoms. The van der Waals surface area contributed by atoms with Crippen molar-refractivity contribution >= 4 is 5.84 Å². The lowest BCUT2D eigenvalue weighted by atomic mass is 9.79. The van der Waals surface area contributed by atoms with Gasteiger partial charge in [-0.15, -0.1) is 5.11 Å². The monoisotopic (exact) mass is 198 g/mol. The number of hydrogen-bond donors (Lipinski definition) is 3. The molecule has 0 aliphatic heterocycles. The molecule has 0 unspecified atom stereocenters. The van der Waals surface area contributed by atoms with Gasteiger partial charge in [0.25, 0.3) is 0 Å². The molecule has 1 saturated carbocycles. The largest absolute Gasteiger partial charge is 0.344 e. The van der Waals surface area contributed by atoms with Gasteiger partial charge in [0.15, 0.2) is 0 Å². The third-order valence-electron chi connectivity index (χ3n) is 3.16. The van der Waals surface area contributed by atoms with Crippen LogP contribution >= 0.6 is 0 Å². The van der Waals surface area contributed by atoms with Gasteiger partial charge >= 0.3 is 0 Å². The highest BCUT2D eigenvalue weighted by Gasteiger charge is 2.20. The molecule has 82 valence electrons. The predicted molar refractivity (Wildman–Crippen MR) is 58.3 cm³/mol. The zero-order valence-corrected chi connectivity index (χ0v) is 9.05. The van der Waals surface area contributed by atoms with Crippen molar-refractivity contribution in [3.05, 3.63) is 0 Å². The van der Waals surface area contributed by atoms with E-state index in [1.165, 1.54) is 32.1 Å². The summed E-state index contributed by atoms with van der Waals surface area (Å²) in [5, 5.41) is 10.5. The van der Waals surface area contributed by atoms with Gasteiger partial charge in [0.05, 0.1) is 0 Å². The molecule has 0 radical (unpaired) electrons. The average molecular weight is 198 g/mol. The minimum Gasteiger partial charge on any atom is -0.344 e. The molecule has 4 nitrogen and oxygen atoms in total. The number of amidine groups is 1. The summed E-state index contributed by atoms with van der Waals surface area (Å²) in [6, 6.07) is 0. The van der Waals surface area contributed by atoms with Crippen LogP contribution in [0.25, 0.3) is 0 Å². The quantitative estimate of drug-likeness (QED) is 0.359. The first-order chi connectivity index (χ1) is 6.26. The molecular formula is C10H22N4. The zero-order chi connectivity index (χ0) is 9.68. The fourth-order valence-corrected chi connectivity index (χ4v) is 2.16. The Morgan fingerprint density at radius 1 is 1.21 bits per heavy atom. The molecule has 0 aromatic rings. The van der Waals surface area contributed by atoms with Crippen LogP contribution in [-0.2, 0) is 0 Å². The first kappa shape index (κ1) is 13.2. The van der Waals surface area contributed by atoms with E-state index < -0.39 is 0 Å². The Bertz CT molecular complexity index is 183. The fraction of sp³-hybridized carbons (Fsp3) is 0.900. The van der Waals surface area contributed by atoms with Crippen LogP contribution in [0.15, 0.2) is 5.11 Å². The van der Waals surface area contributed by atoms with Gasteiger partial charge in [-0.05, 0) is 24.7 Å². The molecule has 0 amide bonds. The van der Waals surface area contributed by atoms with Gasteiger partial charge in [0, 0.05) is 6.42 Å². The molecule has 0 saturated heterocycles. The average Bonchev–Trinajstić information content (AvgIpc) is 2.19. The molecule has 0 aromatic carbocycles. The van der Waals surface area contributed by atoms with E-state index in [0.717, 1.165) is 12.3 Å². The van der Waals surface area contributed by atoms with Gasteiger partial charge in [-0.3, -0.25) is 5.41 Å². The molecule has 0 spiro atoms. The van der Waals surface area contributed by atoms with Crippen molar-refractivity contribution < 1.29 is 0 Å². The minimum absolute atomic E-state index is 0. The molecule has 0 heterocycles. The van der Waals surface area contributed by atoms with E-state index in [1.54, 1.807) is 0 Å². The summed E-state index contributed by atoms with van der Waals surface area (Å²) in [5.41, 5.74) is 6.70. The standard InChI is InChI=1S/C10H19N3.H3N/c1-2-8-3-5-9(6-4-8)7-10(11)13-12;/h8-9,11-12H,2-7H2,1H3;1H3. The van der Waals surface area contributed by atoms with Crippen molar-refractivity contribution in [3.63, 3.8) is 0 Å². The molecule has 0 aromatic heterocycles. The van der Waals surface area contributed by atoms with Crippen LogP contribution in [0, 0.1) is 22.8 Å². The van der Waals surface area contributed by atoms with Crippen molar-refractivity contribution in [2.45, 2.75) is 45.4 Å². The second kappa shape index (κ2) is 6.65. The van der Waals surface area contributed by atoms with Crippen LogP contribution in [0.1, 0.15) is 45.4 Å². The number of nitrogens with one attached hydrogen (secondary N) is 2. The smallest absolute Gasteiger partial charge is 0.142 e. The molecule has 0 bridgehead atoms. The molecule has 4 heteroatoms.